The van der Waals surface area contributed by atoms with Crippen molar-refractivity contribution in [2.75, 3.05) is 45.9 Å². The molecule has 2 fully saturated rings. The van der Waals surface area contributed by atoms with Crippen LogP contribution in [0.1, 0.15) is 49.5 Å². The lowest BCUT2D eigenvalue weighted by Gasteiger charge is -2.35. The Balaban J connectivity index is 1.23. The first kappa shape index (κ1) is 22.8. The van der Waals surface area contributed by atoms with Gasteiger partial charge in [-0.2, -0.15) is 0 Å². The van der Waals surface area contributed by atoms with Gasteiger partial charge in [-0.3, -0.25) is 14.6 Å². The molecule has 0 aliphatic carbocycles. The maximum absolute atomic E-state index is 12.6. The van der Waals surface area contributed by atoms with Crippen molar-refractivity contribution < 1.29 is 9.53 Å². The number of aryl methyl sites for hydroxylation is 1. The highest BCUT2D eigenvalue weighted by molar-refractivity contribution is 5.75. The standard InChI is InChI=1S/C23H35N7O2/c31-23(10-7-13-30-22(25-26-27-30)19-28-14-16-32-17-15-28)24-18-21(20-8-3-1-4-9-20)29-11-5-2-6-12-29/h1,3-4,8-9,21H,2,5-7,10-19H2,(H,24,31). The topological polar surface area (TPSA) is 88.4 Å². The number of aromatic nitrogens is 4. The van der Waals surface area contributed by atoms with Crippen molar-refractivity contribution in [3.8, 4) is 0 Å². The maximum atomic E-state index is 12.6. The van der Waals surface area contributed by atoms with Gasteiger partial charge in [0.15, 0.2) is 5.82 Å². The molecule has 1 unspecified atom stereocenters. The van der Waals surface area contributed by atoms with Crippen molar-refractivity contribution >= 4 is 5.91 Å². The summed E-state index contributed by atoms with van der Waals surface area (Å²) in [6.07, 6.45) is 4.95. The molecule has 2 aliphatic heterocycles. The Hall–Kier alpha value is -2.36. The largest absolute Gasteiger partial charge is 0.379 e. The number of morpholine rings is 1. The summed E-state index contributed by atoms with van der Waals surface area (Å²) in [5.74, 6) is 0.937. The predicted molar refractivity (Wildman–Crippen MR) is 121 cm³/mol. The van der Waals surface area contributed by atoms with Crippen molar-refractivity contribution in [3.63, 3.8) is 0 Å². The van der Waals surface area contributed by atoms with E-state index in [1.165, 1.54) is 24.8 Å². The zero-order valence-corrected chi connectivity index (χ0v) is 18.9. The molecule has 2 saturated heterocycles. The molecule has 3 heterocycles. The first-order valence-electron chi connectivity index (χ1n) is 11.9. The molecule has 174 valence electrons. The molecule has 1 amide bonds. The van der Waals surface area contributed by atoms with Crippen LogP contribution in [0.3, 0.4) is 0 Å². The minimum atomic E-state index is 0.0887. The van der Waals surface area contributed by atoms with Crippen molar-refractivity contribution in [3.05, 3.63) is 41.7 Å². The van der Waals surface area contributed by atoms with Gasteiger partial charge in [-0.15, -0.1) is 5.10 Å². The van der Waals surface area contributed by atoms with Crippen molar-refractivity contribution in [2.24, 2.45) is 0 Å². The number of ether oxygens (including phenoxy) is 1. The molecule has 1 N–H and O–H groups in total. The third kappa shape index (κ3) is 6.57. The lowest BCUT2D eigenvalue weighted by Crippen LogP contribution is -2.40. The van der Waals surface area contributed by atoms with E-state index in [0.29, 0.717) is 25.9 Å². The van der Waals surface area contributed by atoms with E-state index in [1.54, 1.807) is 0 Å². The SMILES string of the molecule is O=C(CCCn1nnnc1CN1CCOCC1)NCC(c1ccccc1)N1CCCCC1. The molecule has 2 aromatic rings. The number of piperidine rings is 1. The monoisotopic (exact) mass is 441 g/mol. The summed E-state index contributed by atoms with van der Waals surface area (Å²) < 4.78 is 7.22. The van der Waals surface area contributed by atoms with Crippen LogP contribution in [0.2, 0.25) is 0 Å². The number of rotatable bonds is 10. The van der Waals surface area contributed by atoms with Crippen molar-refractivity contribution in [1.29, 1.82) is 0 Å². The van der Waals surface area contributed by atoms with Crippen LogP contribution < -0.4 is 5.32 Å². The molecule has 9 nitrogen and oxygen atoms in total. The van der Waals surface area contributed by atoms with E-state index < -0.39 is 0 Å². The summed E-state index contributed by atoms with van der Waals surface area (Å²) in [5.41, 5.74) is 1.27. The summed E-state index contributed by atoms with van der Waals surface area (Å²) in [6, 6.07) is 10.8. The highest BCUT2D eigenvalue weighted by Crippen LogP contribution is 2.24. The van der Waals surface area contributed by atoms with Gasteiger partial charge in [0.05, 0.1) is 25.8 Å². The van der Waals surface area contributed by atoms with Crippen LogP contribution in [0.5, 0.6) is 0 Å². The summed E-state index contributed by atoms with van der Waals surface area (Å²) >= 11 is 0. The van der Waals surface area contributed by atoms with E-state index in [-0.39, 0.29) is 11.9 Å². The van der Waals surface area contributed by atoms with Crippen molar-refractivity contribution in [2.45, 2.75) is 51.2 Å². The fourth-order valence-electron chi connectivity index (χ4n) is 4.52. The van der Waals surface area contributed by atoms with E-state index in [4.69, 9.17) is 4.74 Å². The van der Waals surface area contributed by atoms with Crippen LogP contribution in [0.25, 0.3) is 0 Å². The minimum Gasteiger partial charge on any atom is -0.379 e. The number of nitrogens with one attached hydrogen (secondary N) is 1. The lowest BCUT2D eigenvalue weighted by molar-refractivity contribution is -0.121. The van der Waals surface area contributed by atoms with Gasteiger partial charge in [-0.1, -0.05) is 36.8 Å². The van der Waals surface area contributed by atoms with E-state index in [0.717, 1.165) is 51.8 Å². The Bertz CT molecular complexity index is 817. The molecule has 32 heavy (non-hydrogen) atoms. The second-order valence-corrected chi connectivity index (χ2v) is 8.64. The fourth-order valence-corrected chi connectivity index (χ4v) is 4.52. The van der Waals surface area contributed by atoms with Gasteiger partial charge in [-0.05, 0) is 48.3 Å². The van der Waals surface area contributed by atoms with Gasteiger partial charge >= 0.3 is 0 Å². The molecule has 0 radical (unpaired) electrons. The van der Waals surface area contributed by atoms with Gasteiger partial charge in [0, 0.05) is 32.6 Å². The number of nitrogens with zero attached hydrogens (tertiary/aromatic N) is 6. The summed E-state index contributed by atoms with van der Waals surface area (Å²) in [5, 5.41) is 15.3. The van der Waals surface area contributed by atoms with Gasteiger partial charge in [0.1, 0.15) is 0 Å². The van der Waals surface area contributed by atoms with Crippen LogP contribution >= 0.6 is 0 Å². The number of benzene rings is 1. The molecule has 4 rings (SSSR count). The molecular formula is C23H35N7O2. The number of carbonyl (C=O) groups excluding carboxylic acids is 1. The first-order valence-corrected chi connectivity index (χ1v) is 11.9. The van der Waals surface area contributed by atoms with Gasteiger partial charge in [-0.25, -0.2) is 4.68 Å². The Labute approximate surface area is 190 Å². The number of tetrazole rings is 1. The van der Waals surface area contributed by atoms with Crippen LogP contribution in [0, 0.1) is 0 Å². The number of hydrogen-bond donors (Lipinski definition) is 1. The first-order chi connectivity index (χ1) is 15.8. The summed E-state index contributed by atoms with van der Waals surface area (Å²) in [6.45, 7) is 7.51. The highest BCUT2D eigenvalue weighted by Gasteiger charge is 2.22. The van der Waals surface area contributed by atoms with Gasteiger partial charge < -0.3 is 10.1 Å². The highest BCUT2D eigenvalue weighted by atomic mass is 16.5. The van der Waals surface area contributed by atoms with E-state index in [2.05, 4.69) is 54.9 Å². The summed E-state index contributed by atoms with van der Waals surface area (Å²) in [4.78, 5) is 17.4. The average molecular weight is 442 g/mol. The Morgan fingerprint density at radius 3 is 2.62 bits per heavy atom. The Kier molecular flexibility index (Phi) is 8.58. The normalized spacial score (nSPS) is 19.0. The third-order valence-electron chi connectivity index (χ3n) is 6.36. The number of carbonyl (C=O) groups is 1. The molecule has 0 spiro atoms. The molecule has 1 aromatic heterocycles. The van der Waals surface area contributed by atoms with E-state index >= 15 is 0 Å². The Morgan fingerprint density at radius 2 is 1.84 bits per heavy atom. The third-order valence-corrected chi connectivity index (χ3v) is 6.36. The quantitative estimate of drug-likeness (QED) is 0.599. The van der Waals surface area contributed by atoms with Gasteiger partial charge in [0.25, 0.3) is 0 Å². The molecule has 1 atom stereocenters. The molecule has 9 heteroatoms. The number of amides is 1. The number of likely N-dealkylation sites (tertiary alicyclic amines) is 1. The fraction of sp³-hybridized carbons (Fsp3) is 0.652. The van der Waals surface area contributed by atoms with Crippen molar-refractivity contribution in [1.82, 2.24) is 35.3 Å². The molecule has 2 aliphatic rings. The smallest absolute Gasteiger partial charge is 0.220 e. The second-order valence-electron chi connectivity index (χ2n) is 8.64. The van der Waals surface area contributed by atoms with Crippen LogP contribution in [0.4, 0.5) is 0 Å². The minimum absolute atomic E-state index is 0.0887. The maximum Gasteiger partial charge on any atom is 0.220 e. The van der Waals surface area contributed by atoms with Crippen LogP contribution in [-0.2, 0) is 22.6 Å². The molecule has 0 bridgehead atoms. The van der Waals surface area contributed by atoms with Gasteiger partial charge in [0.2, 0.25) is 5.91 Å². The molecular weight excluding hydrogens is 406 g/mol. The zero-order valence-electron chi connectivity index (χ0n) is 18.9. The average Bonchev–Trinajstić information content (AvgIpc) is 3.28. The summed E-state index contributed by atoms with van der Waals surface area (Å²) in [7, 11) is 0. The van der Waals surface area contributed by atoms with E-state index in [1.807, 2.05) is 10.7 Å². The van der Waals surface area contributed by atoms with Crippen LogP contribution in [-0.4, -0.2) is 81.9 Å². The lowest BCUT2D eigenvalue weighted by atomic mass is 10.0. The zero-order chi connectivity index (χ0) is 22.0. The van der Waals surface area contributed by atoms with Crippen LogP contribution in [0.15, 0.2) is 30.3 Å². The molecule has 0 saturated carbocycles. The van der Waals surface area contributed by atoms with E-state index in [9.17, 15) is 4.79 Å². The molecule has 1 aromatic carbocycles. The second kappa shape index (κ2) is 12.0. The predicted octanol–water partition coefficient (Wildman–Crippen LogP) is 1.63. The Morgan fingerprint density at radius 1 is 1.06 bits per heavy atom. The number of hydrogen-bond acceptors (Lipinski definition) is 7.